The molecule has 0 amide bonds. The fourth-order valence-electron chi connectivity index (χ4n) is 0.856. The number of carbonyl (C=O) groups is 1. The van der Waals surface area contributed by atoms with Crippen LogP contribution in [0.2, 0.25) is 0 Å². The fraction of sp³-hybridized carbons (Fsp3) is 0.100. The van der Waals surface area contributed by atoms with E-state index in [0.29, 0.717) is 0 Å². The van der Waals surface area contributed by atoms with Gasteiger partial charge in [0.05, 0.1) is 3.58 Å². The van der Waals surface area contributed by atoms with Gasteiger partial charge in [0, 0.05) is 0 Å². The lowest BCUT2D eigenvalue weighted by molar-refractivity contribution is -0.104. The Balaban J connectivity index is 2.91. The van der Waals surface area contributed by atoms with Crippen molar-refractivity contribution in [3.63, 3.8) is 0 Å². The minimum absolute atomic E-state index is 0.719. The van der Waals surface area contributed by atoms with Crippen molar-refractivity contribution in [1.82, 2.24) is 0 Å². The number of carbonyl (C=O) groups excluding carboxylic acids is 1. The van der Waals surface area contributed by atoms with Gasteiger partial charge in [-0.05, 0) is 41.2 Å². The van der Waals surface area contributed by atoms with Crippen LogP contribution in [-0.4, -0.2) is 6.29 Å². The molecule has 62 valence electrons. The SMILES string of the molecule is Cc1ccc(/C=C(\I)C=O)cc1. The summed E-state index contributed by atoms with van der Waals surface area (Å²) >= 11 is 2.01. The van der Waals surface area contributed by atoms with Crippen molar-refractivity contribution >= 4 is 35.0 Å². The molecule has 0 heterocycles. The summed E-state index contributed by atoms with van der Waals surface area (Å²) < 4.78 is 0.719. The van der Waals surface area contributed by atoms with Gasteiger partial charge < -0.3 is 0 Å². The number of halogens is 1. The molecule has 1 aromatic carbocycles. The highest BCUT2D eigenvalue weighted by Crippen LogP contribution is 2.11. The molecule has 2 heteroatoms. The van der Waals surface area contributed by atoms with E-state index in [2.05, 4.69) is 0 Å². The van der Waals surface area contributed by atoms with Crippen molar-refractivity contribution in [3.8, 4) is 0 Å². The second-order valence-electron chi connectivity index (χ2n) is 2.56. The average Bonchev–Trinajstić information content (AvgIpc) is 2.09. The van der Waals surface area contributed by atoms with Gasteiger partial charge >= 0.3 is 0 Å². The van der Waals surface area contributed by atoms with Gasteiger partial charge in [0.1, 0.15) is 0 Å². The molecule has 0 atom stereocenters. The third-order valence-corrected chi connectivity index (χ3v) is 2.06. The Morgan fingerprint density at radius 2 is 1.92 bits per heavy atom. The van der Waals surface area contributed by atoms with Crippen LogP contribution in [-0.2, 0) is 4.79 Å². The van der Waals surface area contributed by atoms with Gasteiger partial charge in [0.15, 0.2) is 6.29 Å². The lowest BCUT2D eigenvalue weighted by Crippen LogP contribution is -1.76. The van der Waals surface area contributed by atoms with Gasteiger partial charge in [-0.1, -0.05) is 29.8 Å². The predicted molar refractivity (Wildman–Crippen MR) is 59.2 cm³/mol. The maximum absolute atomic E-state index is 10.3. The van der Waals surface area contributed by atoms with Gasteiger partial charge in [-0.15, -0.1) is 0 Å². The maximum Gasteiger partial charge on any atom is 0.156 e. The zero-order valence-electron chi connectivity index (χ0n) is 6.75. The van der Waals surface area contributed by atoms with E-state index in [1.54, 1.807) is 0 Å². The third-order valence-electron chi connectivity index (χ3n) is 1.49. The highest BCUT2D eigenvalue weighted by Gasteiger charge is 1.89. The molecule has 0 unspecified atom stereocenters. The van der Waals surface area contributed by atoms with Crippen molar-refractivity contribution in [2.45, 2.75) is 6.92 Å². The Bertz CT molecular complexity index is 298. The van der Waals surface area contributed by atoms with Crippen LogP contribution in [0.15, 0.2) is 27.8 Å². The molecule has 1 aromatic rings. The number of rotatable bonds is 2. The van der Waals surface area contributed by atoms with E-state index in [-0.39, 0.29) is 0 Å². The molecule has 0 aliphatic heterocycles. The quantitative estimate of drug-likeness (QED) is 0.459. The van der Waals surface area contributed by atoms with Crippen LogP contribution >= 0.6 is 22.6 Å². The number of allylic oxidation sites excluding steroid dienone is 1. The van der Waals surface area contributed by atoms with Crippen molar-refractivity contribution in [3.05, 3.63) is 39.0 Å². The van der Waals surface area contributed by atoms with Gasteiger partial charge in [-0.25, -0.2) is 0 Å². The summed E-state index contributed by atoms with van der Waals surface area (Å²) in [5, 5.41) is 0. The van der Waals surface area contributed by atoms with E-state index >= 15 is 0 Å². The molecular weight excluding hydrogens is 263 g/mol. The number of aryl methyl sites for hydroxylation is 1. The topological polar surface area (TPSA) is 17.1 Å². The van der Waals surface area contributed by atoms with Crippen LogP contribution in [0.4, 0.5) is 0 Å². The summed E-state index contributed by atoms with van der Waals surface area (Å²) in [6.45, 7) is 2.04. The summed E-state index contributed by atoms with van der Waals surface area (Å²) in [5.41, 5.74) is 2.30. The molecular formula is C10H9IO. The molecule has 0 saturated heterocycles. The summed E-state index contributed by atoms with van der Waals surface area (Å²) in [4.78, 5) is 10.3. The lowest BCUT2D eigenvalue weighted by atomic mass is 10.1. The molecule has 0 aliphatic carbocycles. The number of aldehydes is 1. The molecule has 0 aliphatic rings. The number of hydrogen-bond acceptors (Lipinski definition) is 1. The zero-order valence-corrected chi connectivity index (χ0v) is 8.91. The van der Waals surface area contributed by atoms with E-state index in [1.807, 2.05) is 59.9 Å². The predicted octanol–water partition coefficient (Wildman–Crippen LogP) is 2.97. The number of hydrogen-bond donors (Lipinski definition) is 0. The van der Waals surface area contributed by atoms with Crippen molar-refractivity contribution < 1.29 is 4.79 Å². The first-order chi connectivity index (χ1) is 5.72. The Morgan fingerprint density at radius 3 is 2.42 bits per heavy atom. The summed E-state index contributed by atoms with van der Waals surface area (Å²) in [5.74, 6) is 0. The van der Waals surface area contributed by atoms with Gasteiger partial charge in [0.25, 0.3) is 0 Å². The van der Waals surface area contributed by atoms with Crippen molar-refractivity contribution in [1.29, 1.82) is 0 Å². The Morgan fingerprint density at radius 1 is 1.33 bits per heavy atom. The smallest absolute Gasteiger partial charge is 0.156 e. The third kappa shape index (κ3) is 2.77. The molecule has 0 bridgehead atoms. The molecule has 0 fully saturated rings. The van der Waals surface area contributed by atoms with Crippen LogP contribution < -0.4 is 0 Å². The monoisotopic (exact) mass is 272 g/mol. The first-order valence-electron chi connectivity index (χ1n) is 3.61. The summed E-state index contributed by atoms with van der Waals surface area (Å²) in [6.07, 6.45) is 2.70. The van der Waals surface area contributed by atoms with Gasteiger partial charge in [-0.2, -0.15) is 0 Å². The Labute approximate surface area is 85.6 Å². The molecule has 1 nitrogen and oxygen atoms in total. The van der Waals surface area contributed by atoms with Gasteiger partial charge in [0.2, 0.25) is 0 Å². The first kappa shape index (κ1) is 9.45. The van der Waals surface area contributed by atoms with E-state index in [0.717, 1.165) is 15.4 Å². The summed E-state index contributed by atoms with van der Waals surface area (Å²) in [7, 11) is 0. The van der Waals surface area contributed by atoms with Crippen LogP contribution in [0.3, 0.4) is 0 Å². The lowest BCUT2D eigenvalue weighted by Gasteiger charge is -1.94. The minimum Gasteiger partial charge on any atom is -0.297 e. The number of benzene rings is 1. The minimum atomic E-state index is 0.719. The highest BCUT2D eigenvalue weighted by molar-refractivity contribution is 14.1. The maximum atomic E-state index is 10.3. The van der Waals surface area contributed by atoms with Crippen LogP contribution in [0.25, 0.3) is 6.08 Å². The van der Waals surface area contributed by atoms with Crippen molar-refractivity contribution in [2.75, 3.05) is 0 Å². The standard InChI is InChI=1S/C10H9IO/c1-8-2-4-9(5-3-8)6-10(11)7-12/h2-7H,1H3/b10-6-. The molecule has 0 N–H and O–H groups in total. The second kappa shape index (κ2) is 4.40. The van der Waals surface area contributed by atoms with E-state index in [1.165, 1.54) is 5.56 Å². The molecule has 0 spiro atoms. The van der Waals surface area contributed by atoms with E-state index in [4.69, 9.17) is 0 Å². The van der Waals surface area contributed by atoms with Crippen LogP contribution in [0, 0.1) is 6.92 Å². The normalized spacial score (nSPS) is 11.3. The summed E-state index contributed by atoms with van der Waals surface area (Å²) in [6, 6.07) is 8.05. The molecule has 0 aromatic heterocycles. The fourth-order valence-corrected chi connectivity index (χ4v) is 1.22. The van der Waals surface area contributed by atoms with E-state index < -0.39 is 0 Å². The average molecular weight is 272 g/mol. The second-order valence-corrected chi connectivity index (χ2v) is 3.80. The zero-order chi connectivity index (χ0) is 8.97. The Kier molecular flexibility index (Phi) is 3.47. The molecule has 0 radical (unpaired) electrons. The molecule has 0 saturated carbocycles. The van der Waals surface area contributed by atoms with Crippen LogP contribution in [0.1, 0.15) is 11.1 Å². The van der Waals surface area contributed by atoms with E-state index in [9.17, 15) is 4.79 Å². The largest absolute Gasteiger partial charge is 0.297 e. The highest BCUT2D eigenvalue weighted by atomic mass is 127. The molecule has 1 rings (SSSR count). The molecule has 12 heavy (non-hydrogen) atoms. The van der Waals surface area contributed by atoms with Gasteiger partial charge in [-0.3, -0.25) is 4.79 Å². The first-order valence-corrected chi connectivity index (χ1v) is 4.69. The van der Waals surface area contributed by atoms with Crippen LogP contribution in [0.5, 0.6) is 0 Å². The Hall–Kier alpha value is -0.640. The van der Waals surface area contributed by atoms with Crippen molar-refractivity contribution in [2.24, 2.45) is 0 Å².